The van der Waals surface area contributed by atoms with Crippen LogP contribution in [0.4, 0.5) is 0 Å². The molecule has 0 amide bonds. The van der Waals surface area contributed by atoms with E-state index >= 15 is 0 Å². The Hall–Kier alpha value is 0.430. The van der Waals surface area contributed by atoms with Crippen molar-refractivity contribution < 1.29 is 0 Å². The monoisotopic (exact) mass is 793 g/mol. The van der Waals surface area contributed by atoms with Crippen LogP contribution in [0.25, 0.3) is 0 Å². The Balaban J connectivity index is 4.31. The van der Waals surface area contributed by atoms with Crippen LogP contribution in [0.2, 0.25) is 0 Å². The average molecular weight is 793 g/mol. The minimum Gasteiger partial charge on any atom is -0.0654 e. The molecule has 0 bridgehead atoms. The second kappa shape index (κ2) is 48.8. The van der Waals surface area contributed by atoms with Crippen LogP contribution in [-0.4, -0.2) is 24.6 Å². The Morgan fingerprint density at radius 3 is 0.436 bits per heavy atom. The van der Waals surface area contributed by atoms with E-state index in [4.69, 9.17) is 0 Å². The summed E-state index contributed by atoms with van der Waals surface area (Å²) < 4.78 is 0. The van der Waals surface area contributed by atoms with Crippen molar-refractivity contribution in [3.05, 3.63) is 0 Å². The van der Waals surface area contributed by atoms with E-state index < -0.39 is 7.26 Å². The summed E-state index contributed by atoms with van der Waals surface area (Å²) in [5.41, 5.74) is 0. The Morgan fingerprint density at radius 1 is 0.145 bits per heavy atom. The first-order valence-corrected chi connectivity index (χ1v) is 30.1. The molecule has 0 aromatic rings. The van der Waals surface area contributed by atoms with Gasteiger partial charge >= 0.3 is 257 Å². The van der Waals surface area contributed by atoms with Crippen LogP contribution in [0.5, 0.6) is 0 Å². The van der Waals surface area contributed by atoms with E-state index in [-0.39, 0.29) is 0 Å². The van der Waals surface area contributed by atoms with Gasteiger partial charge < -0.3 is 0 Å². The Kier molecular flexibility index (Phi) is 49.2. The fraction of sp³-hybridized carbons (Fsp3) is 1.00. The van der Waals surface area contributed by atoms with Crippen LogP contribution < -0.4 is 0 Å². The molecule has 0 aromatic carbocycles. The molecule has 0 heterocycles. The van der Waals surface area contributed by atoms with E-state index in [1.54, 1.807) is 43.9 Å². The number of hydrogen-bond acceptors (Lipinski definition) is 0. The van der Waals surface area contributed by atoms with Crippen LogP contribution in [0, 0.1) is 0 Å². The van der Waals surface area contributed by atoms with Gasteiger partial charge in [0.15, 0.2) is 0 Å². The summed E-state index contributed by atoms with van der Waals surface area (Å²) in [6.45, 7) is 9.50. The molecule has 0 N–H and O–H groups in total. The third-order valence-electron chi connectivity index (χ3n) is 13.7. The summed E-state index contributed by atoms with van der Waals surface area (Å²) in [6.07, 6.45) is 75.3. The van der Waals surface area contributed by atoms with Crippen molar-refractivity contribution in [1.82, 2.24) is 0 Å². The molecule has 334 valence electrons. The van der Waals surface area contributed by atoms with E-state index in [0.717, 1.165) is 0 Å². The molecule has 55 heavy (non-hydrogen) atoms. The van der Waals surface area contributed by atoms with Gasteiger partial charge in [0.1, 0.15) is 0 Å². The van der Waals surface area contributed by atoms with Crippen LogP contribution in [0.3, 0.4) is 0 Å². The van der Waals surface area contributed by atoms with Gasteiger partial charge in [-0.1, -0.05) is 97.8 Å². The van der Waals surface area contributed by atoms with Crippen molar-refractivity contribution in [2.45, 2.75) is 323 Å². The van der Waals surface area contributed by atoms with E-state index in [9.17, 15) is 0 Å². The van der Waals surface area contributed by atoms with E-state index in [2.05, 4.69) is 27.7 Å². The van der Waals surface area contributed by atoms with Gasteiger partial charge in [-0.3, -0.25) is 0 Å². The zero-order chi connectivity index (χ0) is 39.9. The van der Waals surface area contributed by atoms with Gasteiger partial charge in [-0.2, -0.15) is 0 Å². The van der Waals surface area contributed by atoms with Gasteiger partial charge in [-0.25, -0.2) is 0 Å². The molecule has 0 aliphatic carbocycles. The zero-order valence-electron chi connectivity index (χ0n) is 39.9. The quantitative estimate of drug-likeness (QED) is 0.0425. The van der Waals surface area contributed by atoms with Crippen LogP contribution >= 0.6 is 7.26 Å². The average Bonchev–Trinajstić information content (AvgIpc) is 3.19. The maximum absolute atomic E-state index is 2.52. The van der Waals surface area contributed by atoms with Crippen molar-refractivity contribution in [2.24, 2.45) is 0 Å². The van der Waals surface area contributed by atoms with Crippen LogP contribution in [-0.2, 0) is 0 Å². The molecule has 0 unspecified atom stereocenters. The van der Waals surface area contributed by atoms with Crippen molar-refractivity contribution >= 4 is 7.26 Å². The minimum atomic E-state index is -1.11. The molecule has 0 aromatic heterocycles. The van der Waals surface area contributed by atoms with Gasteiger partial charge in [-0.05, 0) is 0 Å². The number of unbranched alkanes of at least 4 members (excludes halogenated alkanes) is 42. The summed E-state index contributed by atoms with van der Waals surface area (Å²) in [5.74, 6) is 0. The Morgan fingerprint density at radius 2 is 0.291 bits per heavy atom. The van der Waals surface area contributed by atoms with Gasteiger partial charge in [0.25, 0.3) is 0 Å². The minimum absolute atomic E-state index is 1.11. The zero-order valence-corrected chi connectivity index (χ0v) is 40.9. The predicted molar refractivity (Wildman–Crippen MR) is 263 cm³/mol. The molecule has 0 nitrogen and oxygen atoms in total. The fourth-order valence-electron chi connectivity index (χ4n) is 9.89. The molecule has 0 fully saturated rings. The van der Waals surface area contributed by atoms with E-state index in [1.165, 1.54) is 276 Å². The van der Waals surface area contributed by atoms with Crippen molar-refractivity contribution in [2.75, 3.05) is 24.6 Å². The summed E-state index contributed by atoms with van der Waals surface area (Å²) in [4.78, 5) is 0. The standard InChI is InChI=1S/C54H113P/c1-5-9-12-15-18-21-24-27-30-33-36-39-42-45-48-52-55(51-8-4,53-49-46-43-40-37-34-31-28-25-22-19-16-13-10-6-2)54-50-47-44-41-38-35-32-29-26-23-20-17-14-11-7-3/h55H,5-54H2,1-4H3. The van der Waals surface area contributed by atoms with Crippen molar-refractivity contribution in [1.29, 1.82) is 0 Å². The van der Waals surface area contributed by atoms with E-state index in [1.807, 2.05) is 0 Å². The maximum atomic E-state index is 2.52. The van der Waals surface area contributed by atoms with Gasteiger partial charge in [0.2, 0.25) is 0 Å². The smallest absolute Gasteiger partial charge is 0.0654 e. The topological polar surface area (TPSA) is 0 Å². The molecular weight excluding hydrogens is 680 g/mol. The van der Waals surface area contributed by atoms with Gasteiger partial charge in [0.05, 0.1) is 0 Å². The predicted octanol–water partition coefficient (Wildman–Crippen LogP) is 20.8. The Bertz CT molecular complexity index is 572. The second-order valence-electron chi connectivity index (χ2n) is 19.3. The third kappa shape index (κ3) is 43.8. The summed E-state index contributed by atoms with van der Waals surface area (Å²) >= 11 is 0. The fourth-order valence-corrected chi connectivity index (χ4v) is 15.5. The Labute approximate surface area is 353 Å². The third-order valence-corrected chi connectivity index (χ3v) is 19.5. The molecule has 0 atom stereocenters. The molecule has 0 saturated heterocycles. The van der Waals surface area contributed by atoms with Gasteiger partial charge in [0, 0.05) is 0 Å². The van der Waals surface area contributed by atoms with E-state index in [0.29, 0.717) is 0 Å². The van der Waals surface area contributed by atoms with Crippen molar-refractivity contribution in [3.8, 4) is 0 Å². The first-order chi connectivity index (χ1) is 27.2. The molecule has 0 aliphatic heterocycles. The SMILES string of the molecule is CCCCCCCCCCCCCCCCC[PH](CCC)(CCCCCCCCCCCCCCCCC)CCCCCCCCCCCCCCCCC. The molecule has 0 saturated carbocycles. The van der Waals surface area contributed by atoms with Crippen LogP contribution in [0.15, 0.2) is 0 Å². The molecular formula is C54H113P. The van der Waals surface area contributed by atoms with Gasteiger partial charge in [-0.15, -0.1) is 0 Å². The first-order valence-electron chi connectivity index (χ1n) is 27.2. The summed E-state index contributed by atoms with van der Waals surface area (Å²) in [6, 6.07) is 0. The number of hydrogen-bond donors (Lipinski definition) is 0. The first kappa shape index (κ1) is 55.4. The second-order valence-corrected chi connectivity index (χ2v) is 24.3. The normalized spacial score (nSPS) is 12.3. The molecule has 0 spiro atoms. The number of rotatable bonds is 50. The molecule has 1 heteroatoms. The molecule has 0 radical (unpaired) electrons. The summed E-state index contributed by atoms with van der Waals surface area (Å²) in [5, 5.41) is 0. The van der Waals surface area contributed by atoms with Crippen molar-refractivity contribution in [3.63, 3.8) is 0 Å². The molecule has 0 aliphatic rings. The van der Waals surface area contributed by atoms with Crippen LogP contribution in [0.1, 0.15) is 323 Å². The summed E-state index contributed by atoms with van der Waals surface area (Å²) in [7, 11) is -1.11. The molecule has 0 rings (SSSR count).